The second-order valence-electron chi connectivity index (χ2n) is 7.34. The first-order valence-corrected chi connectivity index (χ1v) is 11.2. The molecular formula is C23H22FNO2S. The zero-order chi connectivity index (χ0) is 19.7. The van der Waals surface area contributed by atoms with Gasteiger partial charge in [0.05, 0.1) is 6.26 Å². The molecule has 144 valence electrons. The molecule has 1 atom stereocenters. The largest absolute Gasteiger partial charge is 0.284 e. The summed E-state index contributed by atoms with van der Waals surface area (Å²) in [5.41, 5.74) is 5.81. The van der Waals surface area contributed by atoms with Gasteiger partial charge in [-0.2, -0.15) is 0 Å². The van der Waals surface area contributed by atoms with E-state index in [2.05, 4.69) is 16.9 Å². The molecule has 1 aliphatic rings. The molecule has 1 unspecified atom stereocenters. The van der Waals surface area contributed by atoms with Crippen LogP contribution in [0.1, 0.15) is 33.7 Å². The van der Waals surface area contributed by atoms with Crippen molar-refractivity contribution in [3.63, 3.8) is 0 Å². The molecule has 0 bridgehead atoms. The van der Waals surface area contributed by atoms with Crippen molar-refractivity contribution < 1.29 is 12.8 Å². The highest BCUT2D eigenvalue weighted by Gasteiger charge is 2.25. The minimum atomic E-state index is -3.34. The van der Waals surface area contributed by atoms with Crippen LogP contribution >= 0.6 is 0 Å². The summed E-state index contributed by atoms with van der Waals surface area (Å²) in [7, 11) is -3.34. The predicted octanol–water partition coefficient (Wildman–Crippen LogP) is 4.67. The molecular weight excluding hydrogens is 373 g/mol. The number of rotatable bonds is 4. The first-order chi connectivity index (χ1) is 13.4. The molecule has 0 fully saturated rings. The van der Waals surface area contributed by atoms with Gasteiger partial charge in [0.1, 0.15) is 5.82 Å². The summed E-state index contributed by atoms with van der Waals surface area (Å²) < 4.78 is 40.2. The van der Waals surface area contributed by atoms with Gasteiger partial charge in [0.2, 0.25) is 10.0 Å². The molecule has 0 heterocycles. The Morgan fingerprint density at radius 2 is 1.71 bits per heavy atom. The Kier molecular flexibility index (Phi) is 4.94. The van der Waals surface area contributed by atoms with Gasteiger partial charge in [-0.05, 0) is 65.3 Å². The SMILES string of the molecule is CS(=O)(=O)Nc1cccc(CC2c3ccccc3CCc3c(F)cccc32)c1. The Morgan fingerprint density at radius 3 is 2.54 bits per heavy atom. The molecule has 3 aromatic rings. The van der Waals surface area contributed by atoms with Crippen LogP contribution in [0.25, 0.3) is 0 Å². The maximum absolute atomic E-state index is 14.6. The Hall–Kier alpha value is -2.66. The Balaban J connectivity index is 1.77. The van der Waals surface area contributed by atoms with Crippen molar-refractivity contribution in [2.75, 3.05) is 11.0 Å². The molecule has 1 aliphatic carbocycles. The van der Waals surface area contributed by atoms with E-state index in [1.165, 1.54) is 17.2 Å². The van der Waals surface area contributed by atoms with E-state index in [4.69, 9.17) is 0 Å². The molecule has 0 saturated carbocycles. The lowest BCUT2D eigenvalue weighted by Crippen LogP contribution is -2.11. The highest BCUT2D eigenvalue weighted by atomic mass is 32.2. The number of anilines is 1. The maximum atomic E-state index is 14.6. The van der Waals surface area contributed by atoms with Gasteiger partial charge in [0.25, 0.3) is 0 Å². The molecule has 0 radical (unpaired) electrons. The van der Waals surface area contributed by atoms with Gasteiger partial charge in [-0.25, -0.2) is 12.8 Å². The number of hydrogen-bond donors (Lipinski definition) is 1. The molecule has 0 aromatic heterocycles. The summed E-state index contributed by atoms with van der Waals surface area (Å²) in [6.45, 7) is 0. The number of nitrogens with one attached hydrogen (secondary N) is 1. The van der Waals surface area contributed by atoms with Crippen molar-refractivity contribution in [3.8, 4) is 0 Å². The third-order valence-electron chi connectivity index (χ3n) is 5.28. The highest BCUT2D eigenvalue weighted by Crippen LogP contribution is 2.37. The van der Waals surface area contributed by atoms with Crippen LogP contribution in [0.15, 0.2) is 66.7 Å². The fourth-order valence-corrected chi connectivity index (χ4v) is 4.68. The predicted molar refractivity (Wildman–Crippen MR) is 111 cm³/mol. The fourth-order valence-electron chi connectivity index (χ4n) is 4.13. The Labute approximate surface area is 165 Å². The van der Waals surface area contributed by atoms with E-state index in [1.54, 1.807) is 12.1 Å². The van der Waals surface area contributed by atoms with Gasteiger partial charge < -0.3 is 0 Å². The van der Waals surface area contributed by atoms with E-state index in [1.807, 2.05) is 36.4 Å². The molecule has 0 saturated heterocycles. The van der Waals surface area contributed by atoms with Crippen LogP contribution < -0.4 is 4.72 Å². The molecule has 3 nitrogen and oxygen atoms in total. The van der Waals surface area contributed by atoms with Crippen molar-refractivity contribution in [3.05, 3.63) is 100 Å². The first-order valence-electron chi connectivity index (χ1n) is 9.32. The van der Waals surface area contributed by atoms with E-state index >= 15 is 0 Å². The number of halogens is 1. The monoisotopic (exact) mass is 395 g/mol. The summed E-state index contributed by atoms with van der Waals surface area (Å²) in [5, 5.41) is 0. The summed E-state index contributed by atoms with van der Waals surface area (Å²) in [5.74, 6) is -0.124. The topological polar surface area (TPSA) is 46.2 Å². The van der Waals surface area contributed by atoms with Crippen LogP contribution in [0.2, 0.25) is 0 Å². The van der Waals surface area contributed by atoms with Crippen LogP contribution in [0, 0.1) is 5.82 Å². The number of fused-ring (bicyclic) bond motifs is 2. The molecule has 5 heteroatoms. The van der Waals surface area contributed by atoms with Crippen molar-refractivity contribution >= 4 is 15.7 Å². The van der Waals surface area contributed by atoms with Crippen LogP contribution in [-0.4, -0.2) is 14.7 Å². The number of benzene rings is 3. The van der Waals surface area contributed by atoms with Crippen LogP contribution in [0.5, 0.6) is 0 Å². The van der Waals surface area contributed by atoms with Crippen LogP contribution in [0.4, 0.5) is 10.1 Å². The summed E-state index contributed by atoms with van der Waals surface area (Å²) in [4.78, 5) is 0. The van der Waals surface area contributed by atoms with Crippen LogP contribution in [-0.2, 0) is 29.3 Å². The molecule has 0 aliphatic heterocycles. The van der Waals surface area contributed by atoms with Gasteiger partial charge >= 0.3 is 0 Å². The lowest BCUT2D eigenvalue weighted by molar-refractivity contribution is 0.603. The standard InChI is InChI=1S/C23H22FNO2S/c1-28(26,27)25-18-8-4-6-16(14-18)15-22-19-9-3-2-7-17(19)12-13-21-20(22)10-5-11-23(21)24/h2-11,14,22,25H,12-13,15H2,1H3. The highest BCUT2D eigenvalue weighted by molar-refractivity contribution is 7.92. The van der Waals surface area contributed by atoms with E-state index in [0.717, 1.165) is 29.4 Å². The van der Waals surface area contributed by atoms with Crippen molar-refractivity contribution in [2.24, 2.45) is 0 Å². The molecule has 1 N–H and O–H groups in total. The molecule has 0 spiro atoms. The van der Waals surface area contributed by atoms with E-state index < -0.39 is 10.0 Å². The second-order valence-corrected chi connectivity index (χ2v) is 9.09. The van der Waals surface area contributed by atoms with Crippen LogP contribution in [0.3, 0.4) is 0 Å². The average Bonchev–Trinajstić information content (AvgIpc) is 2.79. The first kappa shape index (κ1) is 18.7. The van der Waals surface area contributed by atoms with Crippen molar-refractivity contribution in [1.29, 1.82) is 0 Å². The van der Waals surface area contributed by atoms with Gasteiger partial charge in [-0.1, -0.05) is 48.5 Å². The number of sulfonamides is 1. The third kappa shape index (κ3) is 3.94. The van der Waals surface area contributed by atoms with Gasteiger partial charge in [-0.15, -0.1) is 0 Å². The van der Waals surface area contributed by atoms with Crippen molar-refractivity contribution in [2.45, 2.75) is 25.2 Å². The maximum Gasteiger partial charge on any atom is 0.229 e. The summed E-state index contributed by atoms with van der Waals surface area (Å²) in [6, 6.07) is 21.0. The zero-order valence-corrected chi connectivity index (χ0v) is 16.5. The van der Waals surface area contributed by atoms with E-state index in [0.29, 0.717) is 18.5 Å². The summed E-state index contributed by atoms with van der Waals surface area (Å²) >= 11 is 0. The quantitative estimate of drug-likeness (QED) is 0.698. The summed E-state index contributed by atoms with van der Waals surface area (Å²) in [6.07, 6.45) is 3.31. The molecule has 3 aromatic carbocycles. The zero-order valence-electron chi connectivity index (χ0n) is 15.7. The molecule has 4 rings (SSSR count). The second kappa shape index (κ2) is 7.40. The fraction of sp³-hybridized carbons (Fsp3) is 0.217. The Bertz CT molecular complexity index is 1120. The van der Waals surface area contributed by atoms with E-state index in [9.17, 15) is 12.8 Å². The van der Waals surface area contributed by atoms with E-state index in [-0.39, 0.29) is 11.7 Å². The van der Waals surface area contributed by atoms with Gasteiger partial charge in [0.15, 0.2) is 0 Å². The minimum Gasteiger partial charge on any atom is -0.284 e. The smallest absolute Gasteiger partial charge is 0.229 e. The average molecular weight is 395 g/mol. The Morgan fingerprint density at radius 1 is 0.964 bits per heavy atom. The molecule has 0 amide bonds. The normalized spacial score (nSPS) is 16.0. The lowest BCUT2D eigenvalue weighted by Gasteiger charge is -2.21. The van der Waals surface area contributed by atoms with Gasteiger partial charge in [-0.3, -0.25) is 4.72 Å². The number of aryl methyl sites for hydroxylation is 1. The third-order valence-corrected chi connectivity index (χ3v) is 5.88. The lowest BCUT2D eigenvalue weighted by atomic mass is 9.83. The number of hydrogen-bond acceptors (Lipinski definition) is 2. The molecule has 28 heavy (non-hydrogen) atoms. The van der Waals surface area contributed by atoms with Crippen molar-refractivity contribution in [1.82, 2.24) is 0 Å². The minimum absolute atomic E-state index is 0.0258. The van der Waals surface area contributed by atoms with Gasteiger partial charge in [0, 0.05) is 11.6 Å².